The van der Waals surface area contributed by atoms with Crippen LogP contribution in [0.3, 0.4) is 0 Å². The second kappa shape index (κ2) is 8.65. The van der Waals surface area contributed by atoms with Crippen LogP contribution in [0.25, 0.3) is 5.95 Å². The van der Waals surface area contributed by atoms with Crippen molar-refractivity contribution in [3.63, 3.8) is 0 Å². The zero-order valence-corrected chi connectivity index (χ0v) is 15.1. The highest BCUT2D eigenvalue weighted by molar-refractivity contribution is 6.03. The van der Waals surface area contributed by atoms with Crippen LogP contribution >= 0.6 is 0 Å². The summed E-state index contributed by atoms with van der Waals surface area (Å²) in [5, 5.41) is 2.36. The quantitative estimate of drug-likeness (QED) is 0.599. The van der Waals surface area contributed by atoms with Crippen LogP contribution in [0.5, 0.6) is 5.88 Å². The van der Waals surface area contributed by atoms with Crippen LogP contribution in [0, 0.1) is 0 Å². The molecule has 12 heteroatoms. The largest absolute Gasteiger partial charge is 0.475 e. The van der Waals surface area contributed by atoms with E-state index in [0.717, 1.165) is 12.3 Å². The predicted octanol–water partition coefficient (Wildman–Crippen LogP) is 2.35. The molecule has 0 saturated carbocycles. The van der Waals surface area contributed by atoms with E-state index in [1.54, 1.807) is 6.20 Å². The summed E-state index contributed by atoms with van der Waals surface area (Å²) in [6.45, 7) is 0.473. The Bertz CT molecular complexity index is 979. The fraction of sp³-hybridized carbons (Fsp3) is 0.235. The number of nitrogens with one attached hydrogen (secondary N) is 1. The number of hydrogen-bond acceptors (Lipinski definition) is 7. The summed E-state index contributed by atoms with van der Waals surface area (Å²) in [5.74, 6) is -0.547. The van der Waals surface area contributed by atoms with Crippen LogP contribution in [-0.2, 0) is 10.9 Å². The molecule has 152 valence electrons. The Labute approximate surface area is 162 Å². The summed E-state index contributed by atoms with van der Waals surface area (Å²) in [5.41, 5.74) is -1.32. The van der Waals surface area contributed by atoms with Gasteiger partial charge in [-0.15, -0.1) is 0 Å². The minimum absolute atomic E-state index is 0.0815. The Morgan fingerprint density at radius 2 is 2.03 bits per heavy atom. The number of anilines is 1. The lowest BCUT2D eigenvalue weighted by molar-refractivity contribution is -0.141. The van der Waals surface area contributed by atoms with Gasteiger partial charge in [-0.25, -0.2) is 9.97 Å². The molecule has 3 heterocycles. The molecule has 9 nitrogen and oxygen atoms in total. The number of methoxy groups -OCH3 is 1. The van der Waals surface area contributed by atoms with Crippen LogP contribution in [0.4, 0.5) is 18.9 Å². The number of alkyl halides is 3. The van der Waals surface area contributed by atoms with Gasteiger partial charge in [0.05, 0.1) is 6.61 Å². The van der Waals surface area contributed by atoms with Crippen LogP contribution in [0.1, 0.15) is 16.2 Å². The summed E-state index contributed by atoms with van der Waals surface area (Å²) in [4.78, 5) is 28.0. The highest BCUT2D eigenvalue weighted by atomic mass is 19.4. The third-order valence-electron chi connectivity index (χ3n) is 3.50. The van der Waals surface area contributed by atoms with E-state index in [-0.39, 0.29) is 29.8 Å². The Hall–Kier alpha value is -3.54. The molecule has 0 radical (unpaired) electrons. The van der Waals surface area contributed by atoms with Crippen LogP contribution in [-0.4, -0.2) is 50.7 Å². The first-order valence-electron chi connectivity index (χ1n) is 8.20. The van der Waals surface area contributed by atoms with Crippen molar-refractivity contribution in [2.45, 2.75) is 6.18 Å². The van der Waals surface area contributed by atoms with E-state index in [4.69, 9.17) is 9.47 Å². The van der Waals surface area contributed by atoms with Crippen molar-refractivity contribution in [1.82, 2.24) is 24.5 Å². The topological polar surface area (TPSA) is 104 Å². The van der Waals surface area contributed by atoms with Crippen molar-refractivity contribution < 1.29 is 27.4 Å². The highest BCUT2D eigenvalue weighted by Gasteiger charge is 2.32. The SMILES string of the molecule is COCCOc1cc(C(=O)Nc2ccnc(C(F)(F)F)c2)nc(-n2ccnc2)n1. The normalized spacial score (nSPS) is 11.3. The molecule has 0 saturated heterocycles. The Morgan fingerprint density at radius 1 is 1.21 bits per heavy atom. The van der Waals surface area contributed by atoms with Gasteiger partial charge in [0.2, 0.25) is 11.8 Å². The number of amides is 1. The summed E-state index contributed by atoms with van der Waals surface area (Å²) < 4.78 is 50.2. The maximum atomic E-state index is 12.8. The van der Waals surface area contributed by atoms with Gasteiger partial charge in [-0.1, -0.05) is 0 Å². The molecule has 29 heavy (non-hydrogen) atoms. The molecule has 0 spiro atoms. The Kier molecular flexibility index (Phi) is 6.02. The number of carbonyl (C=O) groups excluding carboxylic acids is 1. The molecular weight excluding hydrogens is 393 g/mol. The van der Waals surface area contributed by atoms with Gasteiger partial charge >= 0.3 is 6.18 Å². The molecule has 1 amide bonds. The van der Waals surface area contributed by atoms with E-state index in [2.05, 4.69) is 25.3 Å². The molecule has 3 rings (SSSR count). The standard InChI is InChI=1S/C17H15F3N6O3/c1-28-6-7-29-14-9-12(24-16(25-14)26-5-4-21-10-26)15(27)23-11-2-3-22-13(8-11)17(18,19)20/h2-5,8-10H,6-7H2,1H3,(H,22,23,27). The summed E-state index contributed by atoms with van der Waals surface area (Å²) in [6, 6.07) is 3.24. The molecule has 0 aliphatic rings. The molecule has 0 bridgehead atoms. The fourth-order valence-electron chi connectivity index (χ4n) is 2.18. The molecule has 0 fully saturated rings. The van der Waals surface area contributed by atoms with E-state index in [1.165, 1.54) is 36.3 Å². The highest BCUT2D eigenvalue weighted by Crippen LogP contribution is 2.29. The van der Waals surface area contributed by atoms with Crippen LogP contribution < -0.4 is 10.1 Å². The number of rotatable bonds is 7. The zero-order valence-electron chi connectivity index (χ0n) is 15.1. The van der Waals surface area contributed by atoms with Crippen LogP contribution in [0.2, 0.25) is 0 Å². The molecule has 0 atom stereocenters. The van der Waals surface area contributed by atoms with Gasteiger partial charge in [-0.2, -0.15) is 18.2 Å². The average Bonchev–Trinajstić information content (AvgIpc) is 3.22. The van der Waals surface area contributed by atoms with Gasteiger partial charge in [0.15, 0.2) is 0 Å². The molecular formula is C17H15F3N6O3. The lowest BCUT2D eigenvalue weighted by Crippen LogP contribution is -2.17. The minimum atomic E-state index is -4.63. The third kappa shape index (κ3) is 5.25. The molecule has 3 aromatic rings. The molecule has 0 aromatic carbocycles. The first-order chi connectivity index (χ1) is 13.9. The summed E-state index contributed by atoms with van der Waals surface area (Å²) >= 11 is 0. The van der Waals surface area contributed by atoms with Crippen molar-refractivity contribution in [2.24, 2.45) is 0 Å². The first-order valence-corrected chi connectivity index (χ1v) is 8.20. The van der Waals surface area contributed by atoms with E-state index in [0.29, 0.717) is 6.61 Å². The van der Waals surface area contributed by atoms with Crippen molar-refractivity contribution in [3.8, 4) is 11.8 Å². The number of nitrogens with zero attached hydrogens (tertiary/aromatic N) is 5. The Morgan fingerprint density at radius 3 is 2.72 bits per heavy atom. The van der Waals surface area contributed by atoms with Gasteiger partial charge in [0.1, 0.15) is 24.3 Å². The number of halogens is 3. The van der Waals surface area contributed by atoms with Gasteiger partial charge in [0.25, 0.3) is 5.91 Å². The maximum absolute atomic E-state index is 12.8. The second-order valence-corrected chi connectivity index (χ2v) is 5.58. The van der Waals surface area contributed by atoms with E-state index in [9.17, 15) is 18.0 Å². The van der Waals surface area contributed by atoms with Crippen molar-refractivity contribution in [3.05, 3.63) is 54.5 Å². The van der Waals surface area contributed by atoms with Crippen molar-refractivity contribution in [2.75, 3.05) is 25.6 Å². The summed E-state index contributed by atoms with van der Waals surface area (Å²) in [7, 11) is 1.50. The molecule has 0 aliphatic heterocycles. The average molecular weight is 408 g/mol. The Balaban J connectivity index is 1.87. The number of carbonyl (C=O) groups is 1. The van der Waals surface area contributed by atoms with E-state index in [1.807, 2.05) is 0 Å². The molecule has 1 N–H and O–H groups in total. The van der Waals surface area contributed by atoms with E-state index >= 15 is 0 Å². The van der Waals surface area contributed by atoms with Crippen molar-refractivity contribution in [1.29, 1.82) is 0 Å². The smallest absolute Gasteiger partial charge is 0.433 e. The predicted molar refractivity (Wildman–Crippen MR) is 93.7 cm³/mol. The third-order valence-corrected chi connectivity index (χ3v) is 3.50. The molecule has 0 unspecified atom stereocenters. The lowest BCUT2D eigenvalue weighted by atomic mass is 10.3. The van der Waals surface area contributed by atoms with E-state index < -0.39 is 17.8 Å². The minimum Gasteiger partial charge on any atom is -0.475 e. The molecule has 0 aliphatic carbocycles. The number of imidazole rings is 1. The zero-order chi connectivity index (χ0) is 20.9. The van der Waals surface area contributed by atoms with Crippen molar-refractivity contribution >= 4 is 11.6 Å². The van der Waals surface area contributed by atoms with Gasteiger partial charge in [0, 0.05) is 37.5 Å². The molecule has 3 aromatic heterocycles. The number of ether oxygens (including phenoxy) is 2. The fourth-order valence-corrected chi connectivity index (χ4v) is 2.18. The number of hydrogen-bond donors (Lipinski definition) is 1. The van der Waals surface area contributed by atoms with Gasteiger partial charge in [-0.05, 0) is 12.1 Å². The lowest BCUT2D eigenvalue weighted by Gasteiger charge is -2.11. The van der Waals surface area contributed by atoms with Crippen LogP contribution in [0.15, 0.2) is 43.1 Å². The second-order valence-electron chi connectivity index (χ2n) is 5.58. The van der Waals surface area contributed by atoms with Gasteiger partial charge < -0.3 is 14.8 Å². The monoisotopic (exact) mass is 408 g/mol. The van der Waals surface area contributed by atoms with Gasteiger partial charge in [-0.3, -0.25) is 14.3 Å². The number of aromatic nitrogens is 5. The first kappa shape index (κ1) is 20.2. The maximum Gasteiger partial charge on any atom is 0.433 e. The summed E-state index contributed by atoms with van der Waals surface area (Å²) in [6.07, 6.45) is 0.807. The number of pyridine rings is 1.